The van der Waals surface area contributed by atoms with Crippen molar-refractivity contribution < 1.29 is 18.8 Å². The van der Waals surface area contributed by atoms with Crippen LogP contribution in [0.4, 0.5) is 9.18 Å². The standard InChI is InChI=1S/C19H18FN3O3/c1-19(17(25)22-18(26)23-19)14-8-6-13(7-9-14)16(24)21-11-10-12-4-2-3-5-15(12)20/h2-9H,10-11H2,1H3,(H,21,24)(H2,22,23,25,26)/t19-/m0/s1. The molecule has 0 unspecified atom stereocenters. The van der Waals surface area contributed by atoms with Gasteiger partial charge in [-0.2, -0.15) is 0 Å². The molecule has 1 aliphatic rings. The molecular formula is C19H18FN3O3. The summed E-state index contributed by atoms with van der Waals surface area (Å²) in [5.74, 6) is -1.03. The summed E-state index contributed by atoms with van der Waals surface area (Å²) in [6.45, 7) is 1.90. The van der Waals surface area contributed by atoms with Crippen LogP contribution >= 0.6 is 0 Å². The minimum absolute atomic E-state index is 0.294. The highest BCUT2D eigenvalue weighted by Gasteiger charge is 2.43. The first kappa shape index (κ1) is 17.6. The number of amides is 4. The molecule has 3 N–H and O–H groups in total. The Morgan fingerprint density at radius 1 is 1.12 bits per heavy atom. The van der Waals surface area contributed by atoms with Gasteiger partial charge in [0.2, 0.25) is 0 Å². The van der Waals surface area contributed by atoms with Gasteiger partial charge in [-0.25, -0.2) is 9.18 Å². The first-order valence-electron chi connectivity index (χ1n) is 8.16. The van der Waals surface area contributed by atoms with Crippen LogP contribution in [0, 0.1) is 5.82 Å². The molecule has 1 heterocycles. The topological polar surface area (TPSA) is 87.3 Å². The number of nitrogens with one attached hydrogen (secondary N) is 3. The second-order valence-corrected chi connectivity index (χ2v) is 6.21. The van der Waals surface area contributed by atoms with E-state index in [0.29, 0.717) is 29.7 Å². The van der Waals surface area contributed by atoms with E-state index in [1.165, 1.54) is 6.07 Å². The van der Waals surface area contributed by atoms with Crippen LogP contribution in [0.25, 0.3) is 0 Å². The fraction of sp³-hybridized carbons (Fsp3) is 0.211. The third-order valence-corrected chi connectivity index (χ3v) is 4.41. The number of carbonyl (C=O) groups is 3. The number of hydrogen-bond acceptors (Lipinski definition) is 3. The van der Waals surface area contributed by atoms with Crippen molar-refractivity contribution >= 4 is 17.8 Å². The smallest absolute Gasteiger partial charge is 0.322 e. The molecule has 0 radical (unpaired) electrons. The van der Waals surface area contributed by atoms with E-state index in [-0.39, 0.29) is 11.7 Å². The van der Waals surface area contributed by atoms with Gasteiger partial charge in [-0.05, 0) is 42.7 Å². The van der Waals surface area contributed by atoms with Crippen LogP contribution in [0.15, 0.2) is 48.5 Å². The van der Waals surface area contributed by atoms with Crippen molar-refractivity contribution in [3.05, 3.63) is 71.0 Å². The molecule has 1 saturated heterocycles. The lowest BCUT2D eigenvalue weighted by Gasteiger charge is -2.21. The third kappa shape index (κ3) is 3.42. The Morgan fingerprint density at radius 2 is 1.81 bits per heavy atom. The molecule has 0 aromatic heterocycles. The third-order valence-electron chi connectivity index (χ3n) is 4.41. The zero-order valence-corrected chi connectivity index (χ0v) is 14.1. The molecule has 3 rings (SSSR count). The van der Waals surface area contributed by atoms with Crippen LogP contribution in [0.5, 0.6) is 0 Å². The summed E-state index contributed by atoms with van der Waals surface area (Å²) in [6, 6.07) is 12.3. The summed E-state index contributed by atoms with van der Waals surface area (Å²) >= 11 is 0. The van der Waals surface area contributed by atoms with Crippen LogP contribution in [-0.4, -0.2) is 24.4 Å². The monoisotopic (exact) mass is 355 g/mol. The summed E-state index contributed by atoms with van der Waals surface area (Å²) in [5, 5.41) is 7.49. The van der Waals surface area contributed by atoms with Gasteiger partial charge in [0.1, 0.15) is 11.4 Å². The minimum Gasteiger partial charge on any atom is -0.352 e. The van der Waals surface area contributed by atoms with E-state index >= 15 is 0 Å². The Hall–Kier alpha value is -3.22. The fourth-order valence-corrected chi connectivity index (χ4v) is 2.82. The molecule has 2 aromatic rings. The highest BCUT2D eigenvalue weighted by molar-refractivity contribution is 6.07. The summed E-state index contributed by atoms with van der Waals surface area (Å²) < 4.78 is 13.5. The Balaban J connectivity index is 1.61. The van der Waals surface area contributed by atoms with Crippen LogP contribution in [0.3, 0.4) is 0 Å². The summed E-state index contributed by atoms with van der Waals surface area (Å²) in [7, 11) is 0. The van der Waals surface area contributed by atoms with E-state index in [2.05, 4.69) is 16.0 Å². The largest absolute Gasteiger partial charge is 0.352 e. The molecule has 4 amide bonds. The first-order chi connectivity index (χ1) is 12.4. The van der Waals surface area contributed by atoms with Gasteiger partial charge in [0.25, 0.3) is 11.8 Å². The molecule has 26 heavy (non-hydrogen) atoms. The van der Waals surface area contributed by atoms with Crippen LogP contribution in [0.1, 0.15) is 28.4 Å². The molecule has 1 aliphatic heterocycles. The maximum Gasteiger partial charge on any atom is 0.322 e. The summed E-state index contributed by atoms with van der Waals surface area (Å²) in [6.07, 6.45) is 0.390. The number of benzene rings is 2. The fourth-order valence-electron chi connectivity index (χ4n) is 2.82. The van der Waals surface area contributed by atoms with Crippen LogP contribution in [0.2, 0.25) is 0 Å². The van der Waals surface area contributed by atoms with Crippen molar-refractivity contribution in [2.45, 2.75) is 18.9 Å². The second-order valence-electron chi connectivity index (χ2n) is 6.21. The van der Waals surface area contributed by atoms with Gasteiger partial charge >= 0.3 is 6.03 Å². The molecule has 0 spiro atoms. The maximum atomic E-state index is 13.5. The van der Waals surface area contributed by atoms with Crippen molar-refractivity contribution in [3.63, 3.8) is 0 Å². The number of carbonyl (C=O) groups excluding carboxylic acids is 3. The van der Waals surface area contributed by atoms with Crippen molar-refractivity contribution in [2.24, 2.45) is 0 Å². The number of hydrogen-bond donors (Lipinski definition) is 3. The van der Waals surface area contributed by atoms with Crippen LogP contribution < -0.4 is 16.0 Å². The molecule has 0 aliphatic carbocycles. The quantitative estimate of drug-likeness (QED) is 0.716. The normalized spacial score (nSPS) is 19.0. The highest BCUT2D eigenvalue weighted by Crippen LogP contribution is 2.24. The average Bonchev–Trinajstić information content (AvgIpc) is 2.89. The number of halogens is 1. The molecule has 1 fully saturated rings. The lowest BCUT2D eigenvalue weighted by Crippen LogP contribution is -2.40. The molecular weight excluding hydrogens is 337 g/mol. The van der Waals surface area contributed by atoms with Gasteiger partial charge in [-0.1, -0.05) is 30.3 Å². The average molecular weight is 355 g/mol. The Morgan fingerprint density at radius 3 is 2.42 bits per heavy atom. The Kier molecular flexibility index (Phi) is 4.71. The van der Waals surface area contributed by atoms with Gasteiger partial charge in [0, 0.05) is 12.1 Å². The van der Waals surface area contributed by atoms with E-state index in [1.807, 2.05) is 0 Å². The zero-order valence-electron chi connectivity index (χ0n) is 14.1. The van der Waals surface area contributed by atoms with Crippen molar-refractivity contribution in [2.75, 3.05) is 6.54 Å². The zero-order chi connectivity index (χ0) is 18.7. The molecule has 6 nitrogen and oxygen atoms in total. The summed E-state index contributed by atoms with van der Waals surface area (Å²) in [5.41, 5.74) is 0.370. The Bertz CT molecular complexity index is 867. The highest BCUT2D eigenvalue weighted by atomic mass is 19.1. The van der Waals surface area contributed by atoms with E-state index in [1.54, 1.807) is 49.4 Å². The predicted molar refractivity (Wildman–Crippen MR) is 92.9 cm³/mol. The van der Waals surface area contributed by atoms with E-state index in [4.69, 9.17) is 0 Å². The van der Waals surface area contributed by atoms with E-state index < -0.39 is 17.5 Å². The van der Waals surface area contributed by atoms with Crippen molar-refractivity contribution in [1.29, 1.82) is 0 Å². The molecule has 1 atom stereocenters. The molecule has 2 aromatic carbocycles. The van der Waals surface area contributed by atoms with E-state index in [0.717, 1.165) is 0 Å². The van der Waals surface area contributed by atoms with Crippen LogP contribution in [-0.2, 0) is 16.8 Å². The van der Waals surface area contributed by atoms with Gasteiger partial charge in [-0.3, -0.25) is 14.9 Å². The number of imide groups is 1. The summed E-state index contributed by atoms with van der Waals surface area (Å²) in [4.78, 5) is 35.5. The molecule has 0 bridgehead atoms. The SMILES string of the molecule is C[C@@]1(c2ccc(C(=O)NCCc3ccccc3F)cc2)NC(=O)NC1=O. The van der Waals surface area contributed by atoms with Gasteiger partial charge in [0.05, 0.1) is 0 Å². The van der Waals surface area contributed by atoms with E-state index in [9.17, 15) is 18.8 Å². The number of rotatable bonds is 5. The second kappa shape index (κ2) is 6.95. The number of urea groups is 1. The lowest BCUT2D eigenvalue weighted by atomic mass is 9.91. The molecule has 0 saturated carbocycles. The predicted octanol–water partition coefficient (Wildman–Crippen LogP) is 1.85. The maximum absolute atomic E-state index is 13.5. The van der Waals surface area contributed by atoms with Crippen molar-refractivity contribution in [3.8, 4) is 0 Å². The molecule has 134 valence electrons. The van der Waals surface area contributed by atoms with Gasteiger partial charge < -0.3 is 10.6 Å². The van der Waals surface area contributed by atoms with Gasteiger partial charge in [-0.15, -0.1) is 0 Å². The Labute approximate surface area is 149 Å². The first-order valence-corrected chi connectivity index (χ1v) is 8.16. The van der Waals surface area contributed by atoms with Gasteiger partial charge in [0.15, 0.2) is 0 Å². The minimum atomic E-state index is -1.16. The lowest BCUT2D eigenvalue weighted by molar-refractivity contribution is -0.123. The van der Waals surface area contributed by atoms with Crippen molar-refractivity contribution in [1.82, 2.24) is 16.0 Å². The molecule has 7 heteroatoms.